The van der Waals surface area contributed by atoms with Crippen molar-refractivity contribution in [3.8, 4) is 21.8 Å². The maximum atomic E-state index is 13.3. The predicted molar refractivity (Wildman–Crippen MR) is 148 cm³/mol. The van der Waals surface area contributed by atoms with Crippen LogP contribution in [0.25, 0.3) is 27.5 Å². The zero-order valence-electron chi connectivity index (χ0n) is 21.7. The molecule has 36 heavy (non-hydrogen) atoms. The number of hydrogen-bond acceptors (Lipinski definition) is 7. The van der Waals surface area contributed by atoms with Crippen molar-refractivity contribution >= 4 is 28.7 Å². The topological polar surface area (TPSA) is 78.7 Å². The minimum Gasteiger partial charge on any atom is -0.357 e. The van der Waals surface area contributed by atoms with Gasteiger partial charge in [-0.3, -0.25) is 9.69 Å². The molecule has 4 rings (SSSR count). The van der Waals surface area contributed by atoms with Gasteiger partial charge in [0.05, 0.1) is 28.0 Å². The van der Waals surface area contributed by atoms with Gasteiger partial charge in [-0.1, -0.05) is 19.9 Å². The molecule has 0 aliphatic heterocycles. The van der Waals surface area contributed by atoms with E-state index >= 15 is 0 Å². The number of nitrogens with zero attached hydrogens (tertiary/aromatic N) is 6. The highest BCUT2D eigenvalue weighted by Crippen LogP contribution is 2.29. The molecular formula is C27H35N7OS. The maximum Gasteiger partial charge on any atom is 0.251 e. The largest absolute Gasteiger partial charge is 0.357 e. The molecule has 1 amide bonds. The number of carbonyl (C=O) groups is 1. The number of anilines is 1. The molecule has 1 N–H and O–H groups in total. The molecule has 9 heteroatoms. The average Bonchev–Trinajstić information content (AvgIpc) is 3.58. The molecule has 4 heterocycles. The molecule has 190 valence electrons. The molecule has 0 spiro atoms. The number of amides is 1. The first-order valence-electron chi connectivity index (χ1n) is 12.7. The van der Waals surface area contributed by atoms with E-state index in [1.807, 2.05) is 35.8 Å². The number of likely N-dealkylation sites (N-methyl/N-ethyl adjacent to an activating group) is 1. The lowest BCUT2D eigenvalue weighted by molar-refractivity contribution is 0.0938. The monoisotopic (exact) mass is 505 g/mol. The normalized spacial score (nSPS) is 12.3. The van der Waals surface area contributed by atoms with Crippen molar-refractivity contribution in [1.29, 1.82) is 0 Å². The molecule has 0 aromatic carbocycles. The molecule has 0 aliphatic rings. The lowest BCUT2D eigenvalue weighted by atomic mass is 10.1. The second-order valence-corrected chi connectivity index (χ2v) is 9.62. The number of fused-ring (bicyclic) bond motifs is 1. The third-order valence-electron chi connectivity index (χ3n) is 6.57. The third-order valence-corrected chi connectivity index (χ3v) is 7.47. The molecule has 0 radical (unpaired) electrons. The molecular weight excluding hydrogens is 470 g/mol. The fourth-order valence-electron chi connectivity index (χ4n) is 4.42. The lowest BCUT2D eigenvalue weighted by Gasteiger charge is -2.26. The van der Waals surface area contributed by atoms with Crippen molar-refractivity contribution in [3.05, 3.63) is 53.7 Å². The predicted octanol–water partition coefficient (Wildman–Crippen LogP) is 4.83. The molecule has 0 aliphatic carbocycles. The maximum absolute atomic E-state index is 13.3. The quantitative estimate of drug-likeness (QED) is 0.315. The molecule has 0 bridgehead atoms. The van der Waals surface area contributed by atoms with E-state index in [0.717, 1.165) is 48.1 Å². The standard InChI is InChI=1S/C27H35N7OS/c1-6-32(7-2)19(5)17-28-27(35)20-15-23(30-25(16-20)33(8-3)9-4)21-18-29-34-13-12-22(31-26(21)34)24-11-10-14-36-24/h10-16,18-19H,6-9,17H2,1-5H3,(H,28,35). The first-order valence-corrected chi connectivity index (χ1v) is 13.5. The summed E-state index contributed by atoms with van der Waals surface area (Å²) in [4.78, 5) is 28.7. The van der Waals surface area contributed by atoms with Gasteiger partial charge >= 0.3 is 0 Å². The first-order chi connectivity index (χ1) is 17.5. The fourth-order valence-corrected chi connectivity index (χ4v) is 5.12. The Bertz CT molecular complexity index is 1290. The summed E-state index contributed by atoms with van der Waals surface area (Å²) >= 11 is 1.65. The van der Waals surface area contributed by atoms with Crippen LogP contribution in [0.1, 0.15) is 45.0 Å². The summed E-state index contributed by atoms with van der Waals surface area (Å²) in [6.45, 7) is 14.7. The number of nitrogens with one attached hydrogen (secondary N) is 1. The van der Waals surface area contributed by atoms with Crippen molar-refractivity contribution in [3.63, 3.8) is 0 Å². The van der Waals surface area contributed by atoms with E-state index in [4.69, 9.17) is 9.97 Å². The number of thiophene rings is 1. The SMILES string of the molecule is CCN(CC)c1cc(C(=O)NCC(C)N(CC)CC)cc(-c2cnn3ccc(-c4cccs4)nc23)n1. The number of hydrogen-bond donors (Lipinski definition) is 1. The first kappa shape index (κ1) is 25.8. The van der Waals surface area contributed by atoms with Gasteiger partial charge in [0.15, 0.2) is 5.65 Å². The molecule has 1 unspecified atom stereocenters. The van der Waals surface area contributed by atoms with Crippen LogP contribution in [0.5, 0.6) is 0 Å². The summed E-state index contributed by atoms with van der Waals surface area (Å²) in [5, 5.41) is 9.67. The van der Waals surface area contributed by atoms with Crippen LogP contribution >= 0.6 is 11.3 Å². The zero-order valence-corrected chi connectivity index (χ0v) is 22.5. The Morgan fingerprint density at radius 1 is 1.06 bits per heavy atom. The number of rotatable bonds is 11. The fraction of sp³-hybridized carbons (Fsp3) is 0.407. The molecule has 0 saturated heterocycles. The van der Waals surface area contributed by atoms with E-state index in [9.17, 15) is 4.79 Å². The van der Waals surface area contributed by atoms with Crippen LogP contribution in [-0.2, 0) is 0 Å². The average molecular weight is 506 g/mol. The van der Waals surface area contributed by atoms with E-state index in [1.54, 1.807) is 22.0 Å². The minimum absolute atomic E-state index is 0.102. The molecule has 4 aromatic heterocycles. The second-order valence-electron chi connectivity index (χ2n) is 8.67. The van der Waals surface area contributed by atoms with Gasteiger partial charge in [0.2, 0.25) is 0 Å². The Labute approximate surface area is 217 Å². The number of pyridine rings is 1. The second kappa shape index (κ2) is 11.6. The summed E-state index contributed by atoms with van der Waals surface area (Å²) in [7, 11) is 0. The molecule has 4 aromatic rings. The van der Waals surface area contributed by atoms with Crippen LogP contribution in [-0.4, -0.2) is 69.2 Å². The van der Waals surface area contributed by atoms with Crippen LogP contribution in [0.4, 0.5) is 5.82 Å². The van der Waals surface area contributed by atoms with Crippen molar-refractivity contribution in [2.45, 2.75) is 40.7 Å². The smallest absolute Gasteiger partial charge is 0.251 e. The highest BCUT2D eigenvalue weighted by atomic mass is 32.1. The van der Waals surface area contributed by atoms with Crippen LogP contribution < -0.4 is 10.2 Å². The van der Waals surface area contributed by atoms with E-state index in [0.29, 0.717) is 23.4 Å². The van der Waals surface area contributed by atoms with E-state index in [1.165, 1.54) is 0 Å². The van der Waals surface area contributed by atoms with E-state index in [-0.39, 0.29) is 11.9 Å². The highest BCUT2D eigenvalue weighted by molar-refractivity contribution is 7.13. The van der Waals surface area contributed by atoms with Gasteiger partial charge in [-0.25, -0.2) is 14.5 Å². The molecule has 0 fully saturated rings. The Morgan fingerprint density at radius 3 is 2.50 bits per heavy atom. The van der Waals surface area contributed by atoms with Crippen molar-refractivity contribution in [2.75, 3.05) is 37.6 Å². The number of carbonyl (C=O) groups excluding carboxylic acids is 1. The Balaban J connectivity index is 1.72. The molecule has 0 saturated carbocycles. The van der Waals surface area contributed by atoms with Gasteiger partial charge < -0.3 is 10.2 Å². The lowest BCUT2D eigenvalue weighted by Crippen LogP contribution is -2.42. The van der Waals surface area contributed by atoms with E-state index < -0.39 is 0 Å². The number of aromatic nitrogens is 4. The zero-order chi connectivity index (χ0) is 25.7. The summed E-state index contributed by atoms with van der Waals surface area (Å²) < 4.78 is 1.75. The summed E-state index contributed by atoms with van der Waals surface area (Å²) in [6, 6.07) is 10.0. The van der Waals surface area contributed by atoms with Gasteiger partial charge in [0.1, 0.15) is 5.82 Å². The van der Waals surface area contributed by atoms with Crippen LogP contribution in [0.2, 0.25) is 0 Å². The Kier molecular flexibility index (Phi) is 8.32. The van der Waals surface area contributed by atoms with Crippen molar-refractivity contribution in [1.82, 2.24) is 29.8 Å². The molecule has 1 atom stereocenters. The third kappa shape index (κ3) is 5.42. The molecule has 8 nitrogen and oxygen atoms in total. The summed E-state index contributed by atoms with van der Waals surface area (Å²) in [5.41, 5.74) is 3.68. The minimum atomic E-state index is -0.102. The van der Waals surface area contributed by atoms with Gasteiger partial charge in [0.25, 0.3) is 5.91 Å². The Morgan fingerprint density at radius 2 is 1.83 bits per heavy atom. The van der Waals surface area contributed by atoms with Gasteiger partial charge in [0, 0.05) is 37.4 Å². The van der Waals surface area contributed by atoms with Crippen LogP contribution in [0.15, 0.2) is 48.1 Å². The summed E-state index contributed by atoms with van der Waals surface area (Å²) in [6.07, 6.45) is 3.69. The van der Waals surface area contributed by atoms with E-state index in [2.05, 4.69) is 60.9 Å². The van der Waals surface area contributed by atoms with Crippen LogP contribution in [0.3, 0.4) is 0 Å². The highest BCUT2D eigenvalue weighted by Gasteiger charge is 2.19. The Hall–Kier alpha value is -3.30. The van der Waals surface area contributed by atoms with Gasteiger partial charge in [-0.05, 0) is 63.5 Å². The summed E-state index contributed by atoms with van der Waals surface area (Å²) in [5.74, 6) is 0.669. The van der Waals surface area contributed by atoms with Crippen LogP contribution in [0, 0.1) is 0 Å². The van der Waals surface area contributed by atoms with Gasteiger partial charge in [-0.2, -0.15) is 5.10 Å². The van der Waals surface area contributed by atoms with Crippen molar-refractivity contribution in [2.24, 2.45) is 0 Å². The van der Waals surface area contributed by atoms with Gasteiger partial charge in [-0.15, -0.1) is 11.3 Å². The van der Waals surface area contributed by atoms with Crippen molar-refractivity contribution < 1.29 is 4.79 Å².